The highest BCUT2D eigenvalue weighted by Gasteiger charge is 2.12. The normalized spacial score (nSPS) is 10.1. The minimum Gasteiger partial charge on any atom is -0.490 e. The van der Waals surface area contributed by atoms with Gasteiger partial charge in [0.25, 0.3) is 0 Å². The van der Waals surface area contributed by atoms with Gasteiger partial charge in [0, 0.05) is 12.7 Å². The first-order valence-corrected chi connectivity index (χ1v) is 6.21. The molecule has 2 N–H and O–H groups in total. The quantitative estimate of drug-likeness (QED) is 0.863. The van der Waals surface area contributed by atoms with Gasteiger partial charge in [0.1, 0.15) is 6.33 Å². The summed E-state index contributed by atoms with van der Waals surface area (Å²) in [6.07, 6.45) is 2.46. The van der Waals surface area contributed by atoms with Gasteiger partial charge in [0.15, 0.2) is 11.6 Å². The molecule has 2 aromatic rings. The molecule has 0 amide bonds. The molecule has 0 saturated carbocycles. The van der Waals surface area contributed by atoms with Crippen LogP contribution in [0.25, 0.3) is 0 Å². The highest BCUT2D eigenvalue weighted by atomic mass is 16.5. The minimum absolute atomic E-state index is 0.607. The summed E-state index contributed by atoms with van der Waals surface area (Å²) in [5.74, 6) is 1.92. The molecule has 0 aliphatic carbocycles. The van der Waals surface area contributed by atoms with E-state index in [0.29, 0.717) is 17.4 Å². The van der Waals surface area contributed by atoms with E-state index in [2.05, 4.69) is 33.6 Å². The minimum atomic E-state index is 0.607. The van der Waals surface area contributed by atoms with Crippen molar-refractivity contribution in [3.05, 3.63) is 36.2 Å². The summed E-state index contributed by atoms with van der Waals surface area (Å²) in [6.45, 7) is 2.12. The van der Waals surface area contributed by atoms with Crippen LogP contribution in [0, 0.1) is 0 Å². The molecule has 0 spiro atoms. The molecule has 100 valence electrons. The Balaban J connectivity index is 2.38. The number of anilines is 3. The smallest absolute Gasteiger partial charge is 0.204 e. The van der Waals surface area contributed by atoms with Gasteiger partial charge in [-0.2, -0.15) is 0 Å². The van der Waals surface area contributed by atoms with Gasteiger partial charge in [-0.1, -0.05) is 25.1 Å². The second-order valence-electron chi connectivity index (χ2n) is 3.99. The first-order valence-electron chi connectivity index (χ1n) is 6.21. The van der Waals surface area contributed by atoms with Gasteiger partial charge in [-0.3, -0.25) is 0 Å². The number of aromatic nitrogens is 2. The number of rotatable bonds is 5. The fraction of sp³-hybridized carbons (Fsp3) is 0.286. The monoisotopic (exact) mass is 258 g/mol. The van der Waals surface area contributed by atoms with Gasteiger partial charge in [-0.05, 0) is 18.1 Å². The summed E-state index contributed by atoms with van der Waals surface area (Å²) in [6, 6.07) is 8.14. The predicted molar refractivity (Wildman–Crippen MR) is 77.2 cm³/mol. The lowest BCUT2D eigenvalue weighted by atomic mass is 10.1. The Bertz CT molecular complexity index is 557. The molecule has 1 heterocycles. The molecule has 5 nitrogen and oxygen atoms in total. The average molecular weight is 258 g/mol. The number of hydrogen-bond donors (Lipinski definition) is 2. The molecule has 0 atom stereocenters. The lowest BCUT2D eigenvalue weighted by Gasteiger charge is -2.14. The Hall–Kier alpha value is -2.30. The lowest BCUT2D eigenvalue weighted by molar-refractivity contribution is 0.415. The molecule has 0 aliphatic rings. The maximum absolute atomic E-state index is 5.36. The van der Waals surface area contributed by atoms with Crippen molar-refractivity contribution >= 4 is 17.3 Å². The molecule has 0 aliphatic heterocycles. The molecule has 19 heavy (non-hydrogen) atoms. The summed E-state index contributed by atoms with van der Waals surface area (Å²) in [7, 11) is 3.41. The van der Waals surface area contributed by atoms with Crippen molar-refractivity contribution in [3.63, 3.8) is 0 Å². The summed E-state index contributed by atoms with van der Waals surface area (Å²) in [5, 5.41) is 6.29. The zero-order chi connectivity index (χ0) is 13.7. The number of aryl methyl sites for hydroxylation is 1. The second-order valence-corrected chi connectivity index (χ2v) is 3.99. The van der Waals surface area contributed by atoms with E-state index in [9.17, 15) is 0 Å². The Labute approximate surface area is 113 Å². The standard InChI is InChI=1S/C14H18N4O/c1-4-10-7-5-6-8-11(10)18-14-12(19-3)13(15-2)16-9-17-14/h5-9H,4H2,1-3H3,(H2,15,16,17,18). The third-order valence-electron chi connectivity index (χ3n) is 2.90. The highest BCUT2D eigenvalue weighted by molar-refractivity contribution is 5.70. The second kappa shape index (κ2) is 6.04. The molecular formula is C14H18N4O. The maximum atomic E-state index is 5.36. The van der Waals surface area contributed by atoms with Crippen molar-refractivity contribution in [2.75, 3.05) is 24.8 Å². The van der Waals surface area contributed by atoms with Crippen molar-refractivity contribution in [3.8, 4) is 5.75 Å². The predicted octanol–water partition coefficient (Wildman–Crippen LogP) is 2.83. The van der Waals surface area contributed by atoms with Crippen LogP contribution in [-0.4, -0.2) is 24.1 Å². The molecule has 2 rings (SSSR count). The zero-order valence-corrected chi connectivity index (χ0v) is 11.4. The van der Waals surface area contributed by atoms with Crippen molar-refractivity contribution in [2.24, 2.45) is 0 Å². The number of nitrogens with one attached hydrogen (secondary N) is 2. The molecular weight excluding hydrogens is 240 g/mol. The zero-order valence-electron chi connectivity index (χ0n) is 11.4. The van der Waals surface area contributed by atoms with E-state index in [4.69, 9.17) is 4.74 Å². The van der Waals surface area contributed by atoms with Crippen molar-refractivity contribution < 1.29 is 4.74 Å². The fourth-order valence-electron chi connectivity index (χ4n) is 1.91. The third-order valence-corrected chi connectivity index (χ3v) is 2.90. The van der Waals surface area contributed by atoms with Gasteiger partial charge < -0.3 is 15.4 Å². The van der Waals surface area contributed by atoms with Crippen LogP contribution in [-0.2, 0) is 6.42 Å². The van der Waals surface area contributed by atoms with E-state index in [1.165, 1.54) is 11.9 Å². The van der Waals surface area contributed by atoms with E-state index in [0.717, 1.165) is 12.1 Å². The summed E-state index contributed by atoms with van der Waals surface area (Å²) in [5.41, 5.74) is 2.26. The Morgan fingerprint density at radius 1 is 1.16 bits per heavy atom. The van der Waals surface area contributed by atoms with Gasteiger partial charge in [0.05, 0.1) is 7.11 Å². The number of ether oxygens (including phenoxy) is 1. The van der Waals surface area contributed by atoms with Crippen LogP contribution >= 0.6 is 0 Å². The van der Waals surface area contributed by atoms with E-state index in [-0.39, 0.29) is 0 Å². The van der Waals surface area contributed by atoms with Crippen LogP contribution < -0.4 is 15.4 Å². The highest BCUT2D eigenvalue weighted by Crippen LogP contribution is 2.31. The van der Waals surface area contributed by atoms with Gasteiger partial charge >= 0.3 is 0 Å². The molecule has 5 heteroatoms. The van der Waals surface area contributed by atoms with Gasteiger partial charge in [-0.15, -0.1) is 0 Å². The summed E-state index contributed by atoms with van der Waals surface area (Å²) in [4.78, 5) is 8.37. The molecule has 0 saturated heterocycles. The van der Waals surface area contributed by atoms with Crippen LogP contribution in [0.4, 0.5) is 17.3 Å². The Kier molecular flexibility index (Phi) is 4.18. The number of methoxy groups -OCH3 is 1. The van der Waals surface area contributed by atoms with Gasteiger partial charge in [0.2, 0.25) is 5.75 Å². The van der Waals surface area contributed by atoms with Crippen LogP contribution in [0.2, 0.25) is 0 Å². The average Bonchev–Trinajstić information content (AvgIpc) is 2.47. The van der Waals surface area contributed by atoms with E-state index in [1.54, 1.807) is 14.2 Å². The number of hydrogen-bond acceptors (Lipinski definition) is 5. The molecule has 0 radical (unpaired) electrons. The Morgan fingerprint density at radius 2 is 1.89 bits per heavy atom. The van der Waals surface area contributed by atoms with Gasteiger partial charge in [-0.25, -0.2) is 9.97 Å². The lowest BCUT2D eigenvalue weighted by Crippen LogP contribution is -2.04. The van der Waals surface area contributed by atoms with Crippen LogP contribution in [0.1, 0.15) is 12.5 Å². The maximum Gasteiger partial charge on any atom is 0.204 e. The topological polar surface area (TPSA) is 59.1 Å². The first-order chi connectivity index (χ1) is 9.30. The SMILES string of the molecule is CCc1ccccc1Nc1ncnc(NC)c1OC. The van der Waals surface area contributed by atoms with Crippen molar-refractivity contribution in [1.29, 1.82) is 0 Å². The Morgan fingerprint density at radius 3 is 2.58 bits per heavy atom. The van der Waals surface area contributed by atoms with Crippen LogP contribution in [0.15, 0.2) is 30.6 Å². The molecule has 1 aromatic carbocycles. The number of para-hydroxylation sites is 1. The fourth-order valence-corrected chi connectivity index (χ4v) is 1.91. The molecule has 0 fully saturated rings. The largest absolute Gasteiger partial charge is 0.490 e. The molecule has 0 bridgehead atoms. The molecule has 0 unspecified atom stereocenters. The van der Waals surface area contributed by atoms with E-state index >= 15 is 0 Å². The number of nitrogens with zero attached hydrogens (tertiary/aromatic N) is 2. The number of benzene rings is 1. The van der Waals surface area contributed by atoms with Crippen molar-refractivity contribution in [1.82, 2.24) is 9.97 Å². The molecule has 1 aromatic heterocycles. The van der Waals surface area contributed by atoms with Crippen LogP contribution in [0.3, 0.4) is 0 Å². The van der Waals surface area contributed by atoms with E-state index in [1.807, 2.05) is 18.2 Å². The van der Waals surface area contributed by atoms with E-state index < -0.39 is 0 Å². The van der Waals surface area contributed by atoms with Crippen molar-refractivity contribution in [2.45, 2.75) is 13.3 Å². The van der Waals surface area contributed by atoms with Crippen LogP contribution in [0.5, 0.6) is 5.75 Å². The summed E-state index contributed by atoms with van der Waals surface area (Å²) < 4.78 is 5.36. The summed E-state index contributed by atoms with van der Waals surface area (Å²) >= 11 is 0. The first kappa shape index (κ1) is 13.1. The third kappa shape index (κ3) is 2.76.